The molecule has 0 spiro atoms. The minimum Gasteiger partial charge on any atom is -0.397 e. The van der Waals surface area contributed by atoms with Crippen molar-refractivity contribution in [2.45, 2.75) is 39.7 Å². The fourth-order valence-corrected chi connectivity index (χ4v) is 4.81. The lowest BCUT2D eigenvalue weighted by Gasteiger charge is -2.29. The number of carbonyl (C=O) groups is 1. The molecule has 0 saturated carbocycles. The zero-order valence-corrected chi connectivity index (χ0v) is 21.2. The Balaban J connectivity index is 1.53. The maximum Gasteiger partial charge on any atom is 0.250 e. The normalized spacial score (nSPS) is 15.2. The van der Waals surface area contributed by atoms with Crippen molar-refractivity contribution in [3.63, 3.8) is 0 Å². The van der Waals surface area contributed by atoms with E-state index in [4.69, 9.17) is 5.73 Å². The Hall–Kier alpha value is -2.88. The number of fused-ring (bicyclic) bond motifs is 1. The van der Waals surface area contributed by atoms with E-state index in [1.54, 1.807) is 30.3 Å². The van der Waals surface area contributed by atoms with Crippen LogP contribution in [-0.4, -0.2) is 27.7 Å². The van der Waals surface area contributed by atoms with Gasteiger partial charge in [-0.15, -0.1) is 0 Å². The Morgan fingerprint density at radius 1 is 1.33 bits per heavy atom. The number of nitrogens with one attached hydrogen (secondary N) is 1. The molecule has 1 amide bonds. The molecule has 0 fully saturated rings. The maximum absolute atomic E-state index is 12.7. The van der Waals surface area contributed by atoms with Gasteiger partial charge in [0.25, 0.3) is 5.56 Å². The van der Waals surface area contributed by atoms with Crippen molar-refractivity contribution in [1.82, 2.24) is 14.8 Å². The van der Waals surface area contributed by atoms with Crippen molar-refractivity contribution in [2.24, 2.45) is 11.1 Å². The largest absolute Gasteiger partial charge is 0.397 e. The number of amides is 1. The van der Waals surface area contributed by atoms with E-state index in [1.165, 1.54) is 21.9 Å². The van der Waals surface area contributed by atoms with E-state index >= 15 is 0 Å². The van der Waals surface area contributed by atoms with Gasteiger partial charge in [0.05, 0.1) is 5.70 Å². The van der Waals surface area contributed by atoms with Crippen molar-refractivity contribution < 1.29 is 4.79 Å². The first-order chi connectivity index (χ1) is 15.6. The molecule has 0 saturated heterocycles. The van der Waals surface area contributed by atoms with Gasteiger partial charge in [-0.3, -0.25) is 14.7 Å². The molecule has 8 heteroatoms. The number of nitrogens with zero attached hydrogens (tertiary/aromatic N) is 3. The van der Waals surface area contributed by atoms with Crippen molar-refractivity contribution in [2.75, 3.05) is 11.9 Å². The van der Waals surface area contributed by atoms with Crippen molar-refractivity contribution in [3.8, 4) is 0 Å². The van der Waals surface area contributed by atoms with Crippen LogP contribution in [-0.2, 0) is 24.2 Å². The predicted octanol–water partition coefficient (Wildman–Crippen LogP) is 3.81. The molecule has 0 unspecified atom stereocenters. The minimum absolute atomic E-state index is 0.0115. The van der Waals surface area contributed by atoms with E-state index in [0.717, 1.165) is 39.8 Å². The molecule has 3 aromatic rings. The van der Waals surface area contributed by atoms with E-state index in [0.29, 0.717) is 5.70 Å². The van der Waals surface area contributed by atoms with Crippen LogP contribution in [0, 0.1) is 8.99 Å². The van der Waals surface area contributed by atoms with Gasteiger partial charge in [-0.2, -0.15) is 5.10 Å². The van der Waals surface area contributed by atoms with Gasteiger partial charge in [-0.05, 0) is 77.1 Å². The Kier molecular flexibility index (Phi) is 6.47. The van der Waals surface area contributed by atoms with Crippen LogP contribution in [0.4, 0.5) is 5.69 Å². The van der Waals surface area contributed by atoms with E-state index in [-0.39, 0.29) is 23.4 Å². The number of hydrogen-bond acceptors (Lipinski definition) is 4. The van der Waals surface area contributed by atoms with Crippen LogP contribution >= 0.6 is 22.6 Å². The quantitative estimate of drug-likeness (QED) is 0.467. The molecule has 3 N–H and O–H groups in total. The Morgan fingerprint density at radius 3 is 2.85 bits per heavy atom. The number of likely N-dealkylation sites (N-methyl/N-ethyl adjacent to an activating group) is 1. The molecule has 172 valence electrons. The summed E-state index contributed by atoms with van der Waals surface area (Å²) in [6.45, 7) is 4.54. The fourth-order valence-electron chi connectivity index (χ4n) is 4.15. The minimum atomic E-state index is -0.200. The number of hydrogen-bond donors (Lipinski definition) is 2. The average Bonchev–Trinajstić information content (AvgIpc) is 3.18. The van der Waals surface area contributed by atoms with E-state index in [1.807, 2.05) is 24.3 Å². The molecule has 1 aliphatic rings. The first kappa shape index (κ1) is 23.3. The van der Waals surface area contributed by atoms with Gasteiger partial charge in [0.15, 0.2) is 0 Å². The van der Waals surface area contributed by atoms with Gasteiger partial charge in [-0.1, -0.05) is 26.0 Å². The number of carbonyl (C=O) groups excluding carboxylic acids is 1. The van der Waals surface area contributed by atoms with Crippen LogP contribution in [0.5, 0.6) is 0 Å². The standard InChI is InChI=1S/C25H28IN5O2/c1-25(2)10-9-18-21(14-25)28-29-24(18)20(27)12-16-7-8-17(13-19(16)26)30(3)23(33)15-31-11-5-4-6-22(31)32/h4-8,11-13H,9-10,14-15,27H2,1-3H3,(H,28,29)/b20-12-. The lowest BCUT2D eigenvalue weighted by Crippen LogP contribution is -2.33. The summed E-state index contributed by atoms with van der Waals surface area (Å²) >= 11 is 2.25. The third-order valence-electron chi connectivity index (χ3n) is 6.19. The zero-order chi connectivity index (χ0) is 23.8. The molecule has 0 atom stereocenters. The Bertz CT molecular complexity index is 1290. The number of benzene rings is 1. The molecule has 7 nitrogen and oxygen atoms in total. The van der Waals surface area contributed by atoms with Crippen LogP contribution in [0.15, 0.2) is 47.4 Å². The van der Waals surface area contributed by atoms with E-state index in [2.05, 4.69) is 46.6 Å². The van der Waals surface area contributed by atoms with Crippen molar-refractivity contribution in [1.29, 1.82) is 0 Å². The number of halogens is 1. The number of nitrogens with two attached hydrogens (primary N) is 1. The topological polar surface area (TPSA) is 97.0 Å². The summed E-state index contributed by atoms with van der Waals surface area (Å²) in [5, 5.41) is 7.69. The zero-order valence-electron chi connectivity index (χ0n) is 19.1. The number of H-pyrrole nitrogens is 1. The second-order valence-electron chi connectivity index (χ2n) is 9.30. The van der Waals surface area contributed by atoms with E-state index < -0.39 is 0 Å². The summed E-state index contributed by atoms with van der Waals surface area (Å²) in [7, 11) is 1.71. The molecule has 1 aromatic carbocycles. The summed E-state index contributed by atoms with van der Waals surface area (Å²) in [6.07, 6.45) is 6.61. The van der Waals surface area contributed by atoms with Gasteiger partial charge in [0, 0.05) is 39.8 Å². The highest BCUT2D eigenvalue weighted by Gasteiger charge is 2.29. The predicted molar refractivity (Wildman–Crippen MR) is 140 cm³/mol. The fraction of sp³-hybridized carbons (Fsp3) is 0.320. The lowest BCUT2D eigenvalue weighted by atomic mass is 9.76. The molecule has 33 heavy (non-hydrogen) atoms. The average molecular weight is 557 g/mol. The molecule has 1 aliphatic carbocycles. The second kappa shape index (κ2) is 9.17. The second-order valence-corrected chi connectivity index (χ2v) is 10.5. The number of aromatic amines is 1. The molecule has 4 rings (SSSR count). The first-order valence-corrected chi connectivity index (χ1v) is 12.0. The summed E-state index contributed by atoms with van der Waals surface area (Å²) < 4.78 is 2.36. The summed E-state index contributed by atoms with van der Waals surface area (Å²) in [4.78, 5) is 26.2. The first-order valence-electron chi connectivity index (χ1n) is 10.9. The van der Waals surface area contributed by atoms with Crippen LogP contribution in [0.1, 0.15) is 42.8 Å². The third-order valence-corrected chi connectivity index (χ3v) is 7.13. The molecule has 2 aromatic heterocycles. The van der Waals surface area contributed by atoms with Gasteiger partial charge < -0.3 is 15.2 Å². The smallest absolute Gasteiger partial charge is 0.250 e. The van der Waals surface area contributed by atoms with Crippen LogP contribution < -0.4 is 16.2 Å². The molecular weight excluding hydrogens is 529 g/mol. The summed E-state index contributed by atoms with van der Waals surface area (Å²) in [5.74, 6) is -0.173. The molecular formula is C25H28IN5O2. The van der Waals surface area contributed by atoms with Gasteiger partial charge >= 0.3 is 0 Å². The summed E-state index contributed by atoms with van der Waals surface area (Å²) in [6, 6.07) is 10.6. The van der Waals surface area contributed by atoms with Gasteiger partial charge in [-0.25, -0.2) is 0 Å². The Labute approximate surface area is 206 Å². The molecule has 0 aliphatic heterocycles. The molecule has 0 radical (unpaired) electrons. The molecule has 0 bridgehead atoms. The van der Waals surface area contributed by atoms with Crippen LogP contribution in [0.3, 0.4) is 0 Å². The third kappa shape index (κ3) is 5.05. The highest BCUT2D eigenvalue weighted by atomic mass is 127. The van der Waals surface area contributed by atoms with Crippen molar-refractivity contribution >= 4 is 46.0 Å². The number of anilines is 1. The summed E-state index contributed by atoms with van der Waals surface area (Å²) in [5.41, 5.74) is 12.1. The maximum atomic E-state index is 12.7. The molecule has 2 heterocycles. The van der Waals surface area contributed by atoms with E-state index in [9.17, 15) is 9.59 Å². The monoisotopic (exact) mass is 557 g/mol. The Morgan fingerprint density at radius 2 is 2.12 bits per heavy atom. The number of rotatable bonds is 5. The van der Waals surface area contributed by atoms with Crippen molar-refractivity contribution in [3.05, 3.63) is 79.0 Å². The van der Waals surface area contributed by atoms with Crippen LogP contribution in [0.2, 0.25) is 0 Å². The highest BCUT2D eigenvalue weighted by molar-refractivity contribution is 14.1. The lowest BCUT2D eigenvalue weighted by molar-refractivity contribution is -0.118. The van der Waals surface area contributed by atoms with Gasteiger partial charge in [0.1, 0.15) is 12.2 Å². The number of pyridine rings is 1. The number of aromatic nitrogens is 3. The van der Waals surface area contributed by atoms with Gasteiger partial charge in [0.2, 0.25) is 5.91 Å². The SMILES string of the molecule is CN(C(=O)Cn1ccccc1=O)c1ccc(/C=C(\N)c2n[nH]c3c2CCC(C)(C)C3)c(I)c1. The highest BCUT2D eigenvalue weighted by Crippen LogP contribution is 2.36. The van der Waals surface area contributed by atoms with Crippen LogP contribution in [0.25, 0.3) is 11.8 Å².